The van der Waals surface area contributed by atoms with E-state index >= 15 is 0 Å². The molecule has 0 saturated carbocycles. The van der Waals surface area contributed by atoms with Gasteiger partial charge in [0.15, 0.2) is 0 Å². The standard InChI is InChI=1S/C25H36ClN3O4/c1-16(2)32-23(30)21-17(3)27-18(4)29(22(21)19-11-9-12-20(26)15-19)14-10-13-28(8)24(31)33-25(5,6)7/h9,11-12,15-16,22H,10,13-14H2,1-8H3. The predicted octanol–water partition coefficient (Wildman–Crippen LogP) is 5.60. The van der Waals surface area contributed by atoms with Gasteiger partial charge >= 0.3 is 12.1 Å². The lowest BCUT2D eigenvalue weighted by atomic mass is 9.93. The third-order valence-electron chi connectivity index (χ3n) is 5.04. The van der Waals surface area contributed by atoms with Crippen molar-refractivity contribution in [3.63, 3.8) is 0 Å². The summed E-state index contributed by atoms with van der Waals surface area (Å²) in [6.07, 6.45) is 0.0428. The molecule has 0 aliphatic carbocycles. The monoisotopic (exact) mass is 477 g/mol. The molecule has 0 radical (unpaired) electrons. The first-order valence-electron chi connectivity index (χ1n) is 11.2. The average Bonchev–Trinajstić information content (AvgIpc) is 2.66. The smallest absolute Gasteiger partial charge is 0.410 e. The van der Waals surface area contributed by atoms with Crippen LogP contribution in [0.3, 0.4) is 0 Å². The van der Waals surface area contributed by atoms with E-state index in [2.05, 4.69) is 9.89 Å². The molecular formula is C25H36ClN3O4. The van der Waals surface area contributed by atoms with E-state index in [1.807, 2.05) is 66.7 Å². The minimum Gasteiger partial charge on any atom is -0.459 e. The topological polar surface area (TPSA) is 71.4 Å². The van der Waals surface area contributed by atoms with Gasteiger partial charge in [-0.05, 0) is 72.6 Å². The normalized spacial score (nSPS) is 16.6. The van der Waals surface area contributed by atoms with Crippen molar-refractivity contribution in [3.05, 3.63) is 46.1 Å². The lowest BCUT2D eigenvalue weighted by molar-refractivity contribution is -0.143. The zero-order valence-electron chi connectivity index (χ0n) is 20.9. The molecule has 1 atom stereocenters. The predicted molar refractivity (Wildman–Crippen MR) is 131 cm³/mol. The van der Waals surface area contributed by atoms with Crippen molar-refractivity contribution >= 4 is 29.5 Å². The maximum atomic E-state index is 13.1. The largest absolute Gasteiger partial charge is 0.459 e. The van der Waals surface area contributed by atoms with E-state index in [1.165, 1.54) is 0 Å². The van der Waals surface area contributed by atoms with Crippen molar-refractivity contribution in [2.75, 3.05) is 20.1 Å². The summed E-state index contributed by atoms with van der Waals surface area (Å²) in [6, 6.07) is 7.09. The lowest BCUT2D eigenvalue weighted by Gasteiger charge is -2.38. The van der Waals surface area contributed by atoms with Gasteiger partial charge in [0, 0.05) is 25.2 Å². The summed E-state index contributed by atoms with van der Waals surface area (Å²) >= 11 is 6.29. The van der Waals surface area contributed by atoms with Crippen LogP contribution < -0.4 is 0 Å². The maximum absolute atomic E-state index is 13.1. The van der Waals surface area contributed by atoms with Crippen LogP contribution in [0.15, 0.2) is 40.5 Å². The van der Waals surface area contributed by atoms with E-state index in [-0.39, 0.29) is 24.2 Å². The van der Waals surface area contributed by atoms with Gasteiger partial charge in [-0.15, -0.1) is 0 Å². The number of carbonyl (C=O) groups excluding carboxylic acids is 2. The number of nitrogens with zero attached hydrogens (tertiary/aromatic N) is 3. The molecule has 1 amide bonds. The third kappa shape index (κ3) is 7.49. The molecule has 182 valence electrons. The Balaban J connectivity index is 2.29. The van der Waals surface area contributed by atoms with Crippen LogP contribution in [0.2, 0.25) is 5.02 Å². The van der Waals surface area contributed by atoms with E-state index in [4.69, 9.17) is 21.1 Å². The van der Waals surface area contributed by atoms with Gasteiger partial charge in [0.25, 0.3) is 0 Å². The number of hydrogen-bond donors (Lipinski definition) is 0. The number of carbonyl (C=O) groups is 2. The summed E-state index contributed by atoms with van der Waals surface area (Å²) in [7, 11) is 1.72. The highest BCUT2D eigenvalue weighted by Crippen LogP contribution is 2.37. The molecule has 1 heterocycles. The second-order valence-electron chi connectivity index (χ2n) is 9.52. The molecule has 1 aromatic carbocycles. The van der Waals surface area contributed by atoms with Crippen LogP contribution in [0.1, 0.15) is 66.5 Å². The molecule has 0 spiro atoms. The van der Waals surface area contributed by atoms with Gasteiger partial charge in [-0.3, -0.25) is 0 Å². The third-order valence-corrected chi connectivity index (χ3v) is 5.28. The second kappa shape index (κ2) is 11.1. The fourth-order valence-electron chi connectivity index (χ4n) is 3.67. The summed E-state index contributed by atoms with van der Waals surface area (Å²) < 4.78 is 11.0. The Labute approximate surface area is 202 Å². The van der Waals surface area contributed by atoms with Gasteiger partial charge in [-0.2, -0.15) is 0 Å². The molecular weight excluding hydrogens is 442 g/mol. The molecule has 1 aliphatic heterocycles. The first kappa shape index (κ1) is 26.7. The van der Waals surface area contributed by atoms with E-state index in [1.54, 1.807) is 18.0 Å². The summed E-state index contributed by atoms with van der Waals surface area (Å²) in [6.45, 7) is 14.0. The van der Waals surface area contributed by atoms with Gasteiger partial charge in [-0.25, -0.2) is 14.6 Å². The molecule has 0 saturated heterocycles. The SMILES string of the molecule is CC1=NC(C)=C(C(=O)OC(C)C)C(c2cccc(Cl)c2)N1CCCN(C)C(=O)OC(C)(C)C. The number of rotatable bonds is 7. The molecule has 2 rings (SSSR count). The number of halogens is 1. The number of allylic oxidation sites excluding steroid dienone is 1. The quantitative estimate of drug-likeness (QED) is 0.478. The van der Waals surface area contributed by atoms with E-state index < -0.39 is 5.60 Å². The molecule has 0 N–H and O–H groups in total. The zero-order valence-corrected chi connectivity index (χ0v) is 21.7. The molecule has 8 heteroatoms. The van der Waals surface area contributed by atoms with Crippen molar-refractivity contribution in [1.29, 1.82) is 0 Å². The van der Waals surface area contributed by atoms with Crippen molar-refractivity contribution < 1.29 is 19.1 Å². The molecule has 1 unspecified atom stereocenters. The molecule has 1 aliphatic rings. The van der Waals surface area contributed by atoms with Crippen LogP contribution in [-0.2, 0) is 14.3 Å². The number of amidine groups is 1. The number of ether oxygens (including phenoxy) is 2. The second-order valence-corrected chi connectivity index (χ2v) is 9.95. The van der Waals surface area contributed by atoms with Crippen molar-refractivity contribution in [3.8, 4) is 0 Å². The molecule has 33 heavy (non-hydrogen) atoms. The molecule has 0 fully saturated rings. The Hall–Kier alpha value is -2.54. The zero-order chi connectivity index (χ0) is 24.9. The summed E-state index contributed by atoms with van der Waals surface area (Å²) in [5.74, 6) is 0.401. The number of amides is 1. The van der Waals surface area contributed by atoms with Crippen molar-refractivity contribution in [2.24, 2.45) is 4.99 Å². The van der Waals surface area contributed by atoms with Gasteiger partial charge in [0.1, 0.15) is 11.4 Å². The molecule has 0 aromatic heterocycles. The van der Waals surface area contributed by atoms with Crippen LogP contribution in [0.5, 0.6) is 0 Å². The Bertz CT molecular complexity index is 934. The molecule has 7 nitrogen and oxygen atoms in total. The Kier molecular flexibility index (Phi) is 8.95. The van der Waals surface area contributed by atoms with Crippen LogP contribution in [0, 0.1) is 0 Å². The fraction of sp³-hybridized carbons (Fsp3) is 0.560. The highest BCUT2D eigenvalue weighted by molar-refractivity contribution is 6.30. The van der Waals surface area contributed by atoms with Gasteiger partial charge in [0.2, 0.25) is 0 Å². The summed E-state index contributed by atoms with van der Waals surface area (Å²) in [4.78, 5) is 33.6. The first-order valence-corrected chi connectivity index (χ1v) is 11.6. The van der Waals surface area contributed by atoms with Crippen LogP contribution in [-0.4, -0.2) is 59.5 Å². The van der Waals surface area contributed by atoms with Crippen LogP contribution in [0.4, 0.5) is 4.79 Å². The Morgan fingerprint density at radius 3 is 2.48 bits per heavy atom. The van der Waals surface area contributed by atoms with Crippen LogP contribution in [0.25, 0.3) is 0 Å². The van der Waals surface area contributed by atoms with E-state index in [9.17, 15) is 9.59 Å². The van der Waals surface area contributed by atoms with Crippen LogP contribution >= 0.6 is 11.6 Å². The average molecular weight is 478 g/mol. The number of esters is 1. The minimum absolute atomic E-state index is 0.249. The van der Waals surface area contributed by atoms with Crippen molar-refractivity contribution in [2.45, 2.75) is 72.6 Å². The number of hydrogen-bond acceptors (Lipinski definition) is 6. The fourth-order valence-corrected chi connectivity index (χ4v) is 3.87. The highest BCUT2D eigenvalue weighted by Gasteiger charge is 2.35. The van der Waals surface area contributed by atoms with Gasteiger partial charge < -0.3 is 19.3 Å². The van der Waals surface area contributed by atoms with Gasteiger partial charge in [-0.1, -0.05) is 23.7 Å². The van der Waals surface area contributed by atoms with Crippen molar-refractivity contribution in [1.82, 2.24) is 9.80 Å². The number of benzene rings is 1. The molecule has 0 bridgehead atoms. The highest BCUT2D eigenvalue weighted by atomic mass is 35.5. The first-order chi connectivity index (χ1) is 15.3. The summed E-state index contributed by atoms with van der Waals surface area (Å²) in [5, 5.41) is 0.589. The summed E-state index contributed by atoms with van der Waals surface area (Å²) in [5.41, 5.74) is 1.46. The van der Waals surface area contributed by atoms with E-state index in [0.717, 1.165) is 11.4 Å². The van der Waals surface area contributed by atoms with Gasteiger partial charge in [0.05, 0.1) is 23.4 Å². The maximum Gasteiger partial charge on any atom is 0.410 e. The lowest BCUT2D eigenvalue weighted by Crippen LogP contribution is -2.41. The Morgan fingerprint density at radius 2 is 1.91 bits per heavy atom. The minimum atomic E-state index is -0.548. The number of aliphatic imine (C=N–C) groups is 1. The van der Waals surface area contributed by atoms with E-state index in [0.29, 0.717) is 35.8 Å². The Morgan fingerprint density at radius 1 is 1.24 bits per heavy atom. The molecule has 1 aromatic rings.